The minimum absolute atomic E-state index is 0.0247. The summed E-state index contributed by atoms with van der Waals surface area (Å²) >= 11 is 0. The third kappa shape index (κ3) is 6.18. The lowest BCUT2D eigenvalue weighted by Crippen LogP contribution is -3.16. The van der Waals surface area contributed by atoms with Crippen molar-refractivity contribution >= 4 is 17.3 Å². The molecule has 0 spiro atoms. The second-order valence-electron chi connectivity index (χ2n) is 7.20. The highest BCUT2D eigenvalue weighted by atomic mass is 16.6. The highest BCUT2D eigenvalue weighted by Crippen LogP contribution is 2.19. The fourth-order valence-electron chi connectivity index (χ4n) is 3.40. The zero-order valence-corrected chi connectivity index (χ0v) is 16.6. The summed E-state index contributed by atoms with van der Waals surface area (Å²) in [6.45, 7) is 6.72. The molecule has 0 radical (unpaired) electrons. The quantitative estimate of drug-likeness (QED) is 0.390. The van der Waals surface area contributed by atoms with Crippen molar-refractivity contribution in [3.05, 3.63) is 64.2 Å². The number of carbonyl (C=O) groups excluding carboxylic acids is 1. The number of hydrogen-bond donors (Lipinski definition) is 2. The molecule has 29 heavy (non-hydrogen) atoms. The Hall–Kier alpha value is -3.13. The van der Waals surface area contributed by atoms with E-state index in [0.717, 1.165) is 43.2 Å². The number of amides is 1. The first-order valence-corrected chi connectivity index (χ1v) is 9.80. The molecule has 2 aromatic rings. The molecule has 154 valence electrons. The van der Waals surface area contributed by atoms with Crippen LogP contribution in [0.25, 0.3) is 0 Å². The SMILES string of the molecule is Cc1cccc(OCCNC(=O)C[NH+]2CCN(c3ccc([N+](=O)[O-])cc3)CC2)c1. The van der Waals surface area contributed by atoms with Crippen molar-refractivity contribution in [3.8, 4) is 5.75 Å². The van der Waals surface area contributed by atoms with E-state index < -0.39 is 4.92 Å². The van der Waals surface area contributed by atoms with Gasteiger partial charge in [0.15, 0.2) is 6.54 Å². The van der Waals surface area contributed by atoms with E-state index in [1.807, 2.05) is 31.2 Å². The highest BCUT2D eigenvalue weighted by molar-refractivity contribution is 5.76. The van der Waals surface area contributed by atoms with Gasteiger partial charge in [0.2, 0.25) is 0 Å². The number of piperazine rings is 1. The highest BCUT2D eigenvalue weighted by Gasteiger charge is 2.22. The first kappa shape index (κ1) is 20.6. The van der Waals surface area contributed by atoms with E-state index in [0.29, 0.717) is 19.7 Å². The maximum atomic E-state index is 12.2. The second kappa shape index (κ2) is 9.88. The Morgan fingerprint density at radius 2 is 1.93 bits per heavy atom. The average molecular weight is 399 g/mol. The van der Waals surface area contributed by atoms with Crippen molar-refractivity contribution in [3.63, 3.8) is 0 Å². The van der Waals surface area contributed by atoms with Crippen molar-refractivity contribution in [2.24, 2.45) is 0 Å². The van der Waals surface area contributed by atoms with Gasteiger partial charge in [-0.1, -0.05) is 12.1 Å². The van der Waals surface area contributed by atoms with Gasteiger partial charge in [0.25, 0.3) is 11.6 Å². The van der Waals surface area contributed by atoms with Gasteiger partial charge in [-0.15, -0.1) is 0 Å². The molecule has 1 amide bonds. The van der Waals surface area contributed by atoms with Gasteiger partial charge in [-0.25, -0.2) is 0 Å². The molecular formula is C21H27N4O4+. The lowest BCUT2D eigenvalue weighted by molar-refractivity contribution is -0.892. The molecule has 0 saturated carbocycles. The van der Waals surface area contributed by atoms with E-state index in [4.69, 9.17) is 4.74 Å². The lowest BCUT2D eigenvalue weighted by atomic mass is 10.2. The average Bonchev–Trinajstić information content (AvgIpc) is 2.72. The first-order chi connectivity index (χ1) is 14.0. The number of nitro groups is 1. The van der Waals surface area contributed by atoms with Crippen LogP contribution in [-0.2, 0) is 4.79 Å². The summed E-state index contributed by atoms with van der Waals surface area (Å²) in [5.41, 5.74) is 2.22. The molecule has 1 fully saturated rings. The number of anilines is 1. The van der Waals surface area contributed by atoms with Crippen molar-refractivity contribution in [1.29, 1.82) is 0 Å². The van der Waals surface area contributed by atoms with Crippen molar-refractivity contribution in [2.45, 2.75) is 6.92 Å². The molecule has 0 unspecified atom stereocenters. The number of quaternary nitrogens is 1. The maximum absolute atomic E-state index is 12.2. The fraction of sp³-hybridized carbons (Fsp3) is 0.381. The van der Waals surface area contributed by atoms with Gasteiger partial charge in [0, 0.05) is 17.8 Å². The number of benzene rings is 2. The van der Waals surface area contributed by atoms with Crippen LogP contribution in [-0.4, -0.2) is 56.7 Å². The molecule has 0 bridgehead atoms. The summed E-state index contributed by atoms with van der Waals surface area (Å²) in [6.07, 6.45) is 0. The Labute approximate surface area is 170 Å². The number of hydrogen-bond acceptors (Lipinski definition) is 5. The molecule has 8 heteroatoms. The van der Waals surface area contributed by atoms with Gasteiger partial charge in [-0.05, 0) is 36.8 Å². The first-order valence-electron chi connectivity index (χ1n) is 9.80. The molecular weight excluding hydrogens is 372 g/mol. The van der Waals surface area contributed by atoms with Crippen molar-refractivity contribution < 1.29 is 19.4 Å². The summed E-state index contributed by atoms with van der Waals surface area (Å²) < 4.78 is 5.64. The Morgan fingerprint density at radius 1 is 1.21 bits per heavy atom. The Morgan fingerprint density at radius 3 is 2.59 bits per heavy atom. The maximum Gasteiger partial charge on any atom is 0.275 e. The monoisotopic (exact) mass is 399 g/mol. The summed E-state index contributed by atoms with van der Waals surface area (Å²) in [6, 6.07) is 14.5. The summed E-state index contributed by atoms with van der Waals surface area (Å²) in [5, 5.41) is 13.7. The summed E-state index contributed by atoms with van der Waals surface area (Å²) in [7, 11) is 0. The standard InChI is InChI=1S/C21H26N4O4/c1-17-3-2-4-20(15-17)29-14-9-22-21(26)16-23-10-12-24(13-11-23)18-5-7-19(8-6-18)25(27)28/h2-8,15H,9-14,16H2,1H3,(H,22,26)/p+1. The summed E-state index contributed by atoms with van der Waals surface area (Å²) in [5.74, 6) is 0.837. The number of nitrogens with zero attached hydrogens (tertiary/aromatic N) is 2. The number of ether oxygens (including phenoxy) is 1. The third-order valence-electron chi connectivity index (χ3n) is 4.99. The number of nitro benzene ring substituents is 1. The van der Waals surface area contributed by atoms with Crippen LogP contribution in [0.3, 0.4) is 0 Å². The zero-order chi connectivity index (χ0) is 20.6. The largest absolute Gasteiger partial charge is 0.492 e. The van der Waals surface area contributed by atoms with Crippen LogP contribution >= 0.6 is 0 Å². The summed E-state index contributed by atoms with van der Waals surface area (Å²) in [4.78, 5) is 26.0. The van der Waals surface area contributed by atoms with E-state index >= 15 is 0 Å². The van der Waals surface area contributed by atoms with Crippen LogP contribution in [0.4, 0.5) is 11.4 Å². The second-order valence-corrected chi connectivity index (χ2v) is 7.20. The topological polar surface area (TPSA) is 89.2 Å². The Bertz CT molecular complexity index is 833. The predicted molar refractivity (Wildman–Crippen MR) is 111 cm³/mol. The molecule has 1 aliphatic heterocycles. The van der Waals surface area contributed by atoms with Gasteiger partial charge in [0.05, 0.1) is 37.6 Å². The fourth-order valence-corrected chi connectivity index (χ4v) is 3.40. The van der Waals surface area contributed by atoms with E-state index in [-0.39, 0.29) is 11.6 Å². The predicted octanol–water partition coefficient (Wildman–Crippen LogP) is 0.803. The molecule has 0 aliphatic carbocycles. The minimum atomic E-state index is -0.392. The smallest absolute Gasteiger partial charge is 0.275 e. The van der Waals surface area contributed by atoms with Crippen LogP contribution < -0.4 is 19.9 Å². The van der Waals surface area contributed by atoms with Gasteiger partial charge >= 0.3 is 0 Å². The zero-order valence-electron chi connectivity index (χ0n) is 16.6. The molecule has 1 saturated heterocycles. The van der Waals surface area contributed by atoms with Crippen LogP contribution in [0.1, 0.15) is 5.56 Å². The van der Waals surface area contributed by atoms with E-state index in [1.165, 1.54) is 17.0 Å². The molecule has 0 atom stereocenters. The molecule has 2 aromatic carbocycles. The number of nitrogens with one attached hydrogen (secondary N) is 2. The molecule has 8 nitrogen and oxygen atoms in total. The molecule has 2 N–H and O–H groups in total. The third-order valence-corrected chi connectivity index (χ3v) is 4.99. The normalized spacial score (nSPS) is 14.4. The number of rotatable bonds is 8. The molecule has 1 aliphatic rings. The van der Waals surface area contributed by atoms with Crippen LogP contribution in [0.2, 0.25) is 0 Å². The van der Waals surface area contributed by atoms with Gasteiger partial charge < -0.3 is 19.9 Å². The van der Waals surface area contributed by atoms with E-state index in [9.17, 15) is 14.9 Å². The number of non-ortho nitro benzene ring substituents is 1. The van der Waals surface area contributed by atoms with Gasteiger partial charge in [-0.3, -0.25) is 14.9 Å². The molecule has 1 heterocycles. The van der Waals surface area contributed by atoms with E-state index in [1.54, 1.807) is 12.1 Å². The van der Waals surface area contributed by atoms with Gasteiger partial charge in [0.1, 0.15) is 12.4 Å². The van der Waals surface area contributed by atoms with Crippen LogP contribution in [0.5, 0.6) is 5.75 Å². The number of aryl methyl sites for hydroxylation is 1. The van der Waals surface area contributed by atoms with E-state index in [2.05, 4.69) is 10.2 Å². The minimum Gasteiger partial charge on any atom is -0.492 e. The Balaban J connectivity index is 1.34. The van der Waals surface area contributed by atoms with Crippen LogP contribution in [0, 0.1) is 17.0 Å². The van der Waals surface area contributed by atoms with Gasteiger partial charge in [-0.2, -0.15) is 0 Å². The van der Waals surface area contributed by atoms with Crippen LogP contribution in [0.15, 0.2) is 48.5 Å². The van der Waals surface area contributed by atoms with Crippen molar-refractivity contribution in [1.82, 2.24) is 5.32 Å². The van der Waals surface area contributed by atoms with Crippen molar-refractivity contribution in [2.75, 3.05) is 50.8 Å². The molecule has 3 rings (SSSR count). The lowest BCUT2D eigenvalue weighted by Gasteiger charge is -2.33. The Kier molecular flexibility index (Phi) is 7.02. The molecule has 0 aromatic heterocycles. The number of carbonyl (C=O) groups is 1.